The van der Waals surface area contributed by atoms with Crippen molar-refractivity contribution in [3.05, 3.63) is 16.1 Å². The van der Waals surface area contributed by atoms with Gasteiger partial charge in [-0.05, 0) is 18.8 Å². The van der Waals surface area contributed by atoms with E-state index in [1.165, 1.54) is 0 Å². The Labute approximate surface area is 159 Å². The predicted octanol–water partition coefficient (Wildman–Crippen LogP) is 2.17. The third-order valence-corrected chi connectivity index (χ3v) is 4.52. The van der Waals surface area contributed by atoms with E-state index in [2.05, 4.69) is 39.8 Å². The molecular weight excluding hydrogens is 425 g/mol. The van der Waals surface area contributed by atoms with E-state index >= 15 is 0 Å². The van der Waals surface area contributed by atoms with Gasteiger partial charge in [0.05, 0.1) is 18.8 Å². The Balaban J connectivity index is 0.00000264. The van der Waals surface area contributed by atoms with Crippen LogP contribution in [0.4, 0.5) is 0 Å². The number of rotatable bonds is 5. The molecule has 130 valence electrons. The molecule has 0 spiro atoms. The number of hydrogen-bond donors (Lipinski definition) is 2. The molecule has 1 saturated heterocycles. The summed E-state index contributed by atoms with van der Waals surface area (Å²) in [6.45, 7) is 6.93. The first-order chi connectivity index (χ1) is 10.6. The van der Waals surface area contributed by atoms with Crippen LogP contribution in [-0.2, 0) is 11.3 Å². The highest BCUT2D eigenvalue weighted by atomic mass is 127. The zero-order valence-corrected chi connectivity index (χ0v) is 17.1. The second-order valence-corrected chi connectivity index (χ2v) is 6.63. The Morgan fingerprint density at radius 2 is 2.09 bits per heavy atom. The largest absolute Gasteiger partial charge is 0.350 e. The molecule has 0 radical (unpaired) electrons. The number of nitrogens with zero attached hydrogens (tertiary/aromatic N) is 3. The second kappa shape index (κ2) is 10.1. The Kier molecular flexibility index (Phi) is 8.82. The van der Waals surface area contributed by atoms with Crippen LogP contribution in [-0.4, -0.2) is 48.4 Å². The van der Waals surface area contributed by atoms with Gasteiger partial charge >= 0.3 is 0 Å². The summed E-state index contributed by atoms with van der Waals surface area (Å²) in [6, 6.07) is 0. The number of aromatic nitrogens is 1. The maximum atomic E-state index is 12.0. The number of guanidine groups is 1. The van der Waals surface area contributed by atoms with Gasteiger partial charge in [0.1, 0.15) is 5.01 Å². The van der Waals surface area contributed by atoms with Crippen LogP contribution in [0.3, 0.4) is 0 Å². The van der Waals surface area contributed by atoms with Gasteiger partial charge in [0, 0.05) is 25.5 Å². The molecule has 1 aliphatic heterocycles. The first kappa shape index (κ1) is 20.1. The summed E-state index contributed by atoms with van der Waals surface area (Å²) in [5, 5.41) is 9.39. The Hall–Kier alpha value is -0.900. The minimum Gasteiger partial charge on any atom is -0.350 e. The molecule has 1 aliphatic rings. The molecule has 6 nitrogen and oxygen atoms in total. The van der Waals surface area contributed by atoms with Gasteiger partial charge in [0.2, 0.25) is 5.91 Å². The van der Waals surface area contributed by atoms with Crippen molar-refractivity contribution in [3.63, 3.8) is 0 Å². The molecule has 1 amide bonds. The number of carbonyl (C=O) groups is 1. The topological polar surface area (TPSA) is 69.6 Å². The van der Waals surface area contributed by atoms with Gasteiger partial charge < -0.3 is 15.5 Å². The first-order valence-electron chi connectivity index (χ1n) is 7.76. The fraction of sp³-hybridized carbons (Fsp3) is 0.667. The smallest absolute Gasteiger partial charge is 0.241 e. The number of thiazole rings is 1. The molecule has 0 unspecified atom stereocenters. The third kappa shape index (κ3) is 6.25. The molecule has 1 fully saturated rings. The molecule has 8 heteroatoms. The van der Waals surface area contributed by atoms with E-state index < -0.39 is 0 Å². The molecule has 0 atom stereocenters. The van der Waals surface area contributed by atoms with Crippen LogP contribution in [0.15, 0.2) is 10.4 Å². The van der Waals surface area contributed by atoms with Gasteiger partial charge in [-0.2, -0.15) is 0 Å². The molecule has 0 bridgehead atoms. The fourth-order valence-electron chi connectivity index (χ4n) is 2.29. The highest BCUT2D eigenvalue weighted by molar-refractivity contribution is 14.0. The molecule has 1 aromatic rings. The van der Waals surface area contributed by atoms with Gasteiger partial charge in [-0.15, -0.1) is 35.3 Å². The maximum absolute atomic E-state index is 12.0. The SMILES string of the molecule is CN=C(NCC(=O)N1CCCC1)NCc1nc(C(C)C)cs1.I. The van der Waals surface area contributed by atoms with Crippen LogP contribution in [0.1, 0.15) is 43.3 Å². The molecule has 2 N–H and O–H groups in total. The van der Waals surface area contributed by atoms with Crippen molar-refractivity contribution in [1.29, 1.82) is 0 Å². The number of likely N-dealkylation sites (tertiary alicyclic amines) is 1. The molecule has 2 rings (SSSR count). The zero-order valence-electron chi connectivity index (χ0n) is 14.0. The zero-order chi connectivity index (χ0) is 15.9. The lowest BCUT2D eigenvalue weighted by atomic mass is 10.2. The summed E-state index contributed by atoms with van der Waals surface area (Å²) < 4.78 is 0. The minimum absolute atomic E-state index is 0. The average molecular weight is 451 g/mol. The average Bonchev–Trinajstić information content (AvgIpc) is 3.18. The lowest BCUT2D eigenvalue weighted by Gasteiger charge is -2.17. The van der Waals surface area contributed by atoms with Crippen molar-refractivity contribution < 1.29 is 4.79 Å². The number of carbonyl (C=O) groups excluding carboxylic acids is 1. The first-order valence-corrected chi connectivity index (χ1v) is 8.64. The van der Waals surface area contributed by atoms with Crippen molar-refractivity contribution in [2.75, 3.05) is 26.7 Å². The van der Waals surface area contributed by atoms with Crippen LogP contribution in [0.2, 0.25) is 0 Å². The molecule has 23 heavy (non-hydrogen) atoms. The lowest BCUT2D eigenvalue weighted by molar-refractivity contribution is -0.128. The molecule has 2 heterocycles. The van der Waals surface area contributed by atoms with E-state index in [0.717, 1.165) is 36.6 Å². The van der Waals surface area contributed by atoms with E-state index in [1.807, 2.05) is 4.90 Å². The monoisotopic (exact) mass is 451 g/mol. The quantitative estimate of drug-likeness (QED) is 0.409. The van der Waals surface area contributed by atoms with Crippen LogP contribution in [0.5, 0.6) is 0 Å². The number of nitrogens with one attached hydrogen (secondary N) is 2. The lowest BCUT2D eigenvalue weighted by Crippen LogP contribution is -2.43. The summed E-state index contributed by atoms with van der Waals surface area (Å²) in [5.41, 5.74) is 1.12. The Morgan fingerprint density at radius 3 is 2.65 bits per heavy atom. The Bertz CT molecular complexity index is 526. The molecule has 0 aromatic carbocycles. The van der Waals surface area contributed by atoms with Gasteiger partial charge in [-0.25, -0.2) is 4.98 Å². The summed E-state index contributed by atoms with van der Waals surface area (Å²) in [6.07, 6.45) is 2.22. The van der Waals surface area contributed by atoms with Crippen molar-refractivity contribution in [2.45, 2.75) is 39.2 Å². The third-order valence-electron chi connectivity index (χ3n) is 3.66. The normalized spacial score (nSPS) is 14.8. The van der Waals surface area contributed by atoms with Gasteiger partial charge in [-0.3, -0.25) is 9.79 Å². The van der Waals surface area contributed by atoms with Crippen molar-refractivity contribution in [2.24, 2.45) is 4.99 Å². The number of hydrogen-bond acceptors (Lipinski definition) is 4. The summed E-state index contributed by atoms with van der Waals surface area (Å²) in [4.78, 5) is 22.6. The molecule has 0 aliphatic carbocycles. The standard InChI is InChI=1S/C15H25N5OS.HI/c1-11(2)12-10-22-13(19-12)8-17-15(16-3)18-9-14(21)20-6-4-5-7-20;/h10-11H,4-9H2,1-3H3,(H2,16,17,18);1H. The second-order valence-electron chi connectivity index (χ2n) is 5.69. The number of halogens is 1. The van der Waals surface area contributed by atoms with E-state index in [0.29, 0.717) is 18.4 Å². The summed E-state index contributed by atoms with van der Waals surface area (Å²) in [5.74, 6) is 1.21. The van der Waals surface area contributed by atoms with Crippen molar-refractivity contribution in [3.8, 4) is 0 Å². The van der Waals surface area contributed by atoms with E-state index in [4.69, 9.17) is 0 Å². The van der Waals surface area contributed by atoms with Gasteiger partial charge in [-0.1, -0.05) is 13.8 Å². The van der Waals surface area contributed by atoms with Crippen LogP contribution < -0.4 is 10.6 Å². The van der Waals surface area contributed by atoms with Gasteiger partial charge in [0.25, 0.3) is 0 Å². The predicted molar refractivity (Wildman–Crippen MR) is 106 cm³/mol. The fourth-order valence-corrected chi connectivity index (χ4v) is 3.18. The minimum atomic E-state index is 0. The highest BCUT2D eigenvalue weighted by Crippen LogP contribution is 2.17. The maximum Gasteiger partial charge on any atom is 0.241 e. The van der Waals surface area contributed by atoms with E-state index in [-0.39, 0.29) is 36.4 Å². The van der Waals surface area contributed by atoms with Crippen molar-refractivity contribution >= 4 is 47.2 Å². The summed E-state index contributed by atoms with van der Waals surface area (Å²) >= 11 is 1.64. The summed E-state index contributed by atoms with van der Waals surface area (Å²) in [7, 11) is 1.71. The van der Waals surface area contributed by atoms with E-state index in [9.17, 15) is 4.79 Å². The van der Waals surface area contributed by atoms with Crippen LogP contribution in [0.25, 0.3) is 0 Å². The van der Waals surface area contributed by atoms with Gasteiger partial charge in [0.15, 0.2) is 5.96 Å². The van der Waals surface area contributed by atoms with Crippen LogP contribution >= 0.6 is 35.3 Å². The van der Waals surface area contributed by atoms with Crippen LogP contribution in [0, 0.1) is 0 Å². The Morgan fingerprint density at radius 1 is 1.39 bits per heavy atom. The number of amides is 1. The number of aliphatic imine (C=N–C) groups is 1. The molecular formula is C15H26IN5OS. The molecule has 0 saturated carbocycles. The van der Waals surface area contributed by atoms with Crippen molar-refractivity contribution in [1.82, 2.24) is 20.5 Å². The molecule has 1 aromatic heterocycles. The van der Waals surface area contributed by atoms with E-state index in [1.54, 1.807) is 18.4 Å². The highest BCUT2D eigenvalue weighted by Gasteiger charge is 2.17.